The number of nitrogens with zero attached hydrogens (tertiary/aromatic N) is 1. The fourth-order valence-corrected chi connectivity index (χ4v) is 6.21. The van der Waals surface area contributed by atoms with Gasteiger partial charge >= 0.3 is 19.8 Å². The van der Waals surface area contributed by atoms with Crippen LogP contribution in [0.1, 0.15) is 142 Å². The van der Waals surface area contributed by atoms with E-state index in [1.54, 1.807) is 0 Å². The largest absolute Gasteiger partial charge is 0.472 e. The Morgan fingerprint density at radius 3 is 1.70 bits per heavy atom. The van der Waals surface area contributed by atoms with E-state index in [0.717, 1.165) is 44.9 Å². The van der Waals surface area contributed by atoms with Crippen LogP contribution in [-0.4, -0.2) is 97.3 Å². The second kappa shape index (κ2) is 39.0. The molecule has 0 fully saturated rings. The molecule has 0 aliphatic heterocycles. The molecule has 12 heteroatoms. The van der Waals surface area contributed by atoms with Crippen LogP contribution in [0.25, 0.3) is 0 Å². The SMILES string of the molecule is CC/C=C\C/C=C\C/C=C\C/C=C\C[C@@H](O)[C@H](O)CCCC(=O)O[C@H](COC(=O)CCC/C=C\C/C=C\C/C=C\CCCCCCCC)COP(=O)(O)OCC[N+](C)(C)C. The number of allylic oxidation sites excluding steroid dienone is 13. The molecule has 0 amide bonds. The fraction of sp³-hybridized carbons (Fsp3) is 0.667. The molecule has 0 aromatic heterocycles. The number of carbonyl (C=O) groups excluding carboxylic acids is 2. The van der Waals surface area contributed by atoms with E-state index < -0.39 is 44.7 Å². The van der Waals surface area contributed by atoms with Gasteiger partial charge < -0.3 is 29.1 Å². The lowest BCUT2D eigenvalue weighted by molar-refractivity contribution is -0.870. The van der Waals surface area contributed by atoms with E-state index in [2.05, 4.69) is 74.6 Å². The number of phosphoric ester groups is 1. The summed E-state index contributed by atoms with van der Waals surface area (Å²) in [5, 5.41) is 20.8. The molecule has 11 nitrogen and oxygen atoms in total. The summed E-state index contributed by atoms with van der Waals surface area (Å²) in [6.45, 7) is 3.88. The van der Waals surface area contributed by atoms with Gasteiger partial charge in [-0.2, -0.15) is 0 Å². The van der Waals surface area contributed by atoms with Gasteiger partial charge in [0.2, 0.25) is 0 Å². The number of aliphatic hydroxyl groups excluding tert-OH is 2. The minimum Gasteiger partial charge on any atom is -0.462 e. The van der Waals surface area contributed by atoms with Gasteiger partial charge in [0.15, 0.2) is 6.10 Å². The standard InChI is InChI=1S/C48H82NO10P/c1-6-8-10-12-14-16-18-20-21-22-23-24-26-28-30-32-34-38-47(52)56-42-44(43-58-60(54,55)57-41-40-49(3,4)5)59-48(53)39-35-37-46(51)45(50)36-33-31-29-27-25-19-17-15-13-11-9-7-2/h9,11,15,17,20-21,23-25,27-28,30-31,33,44-46,50-51H,6-8,10,12-14,16,18-19,22,26,29,32,34-43H2,1-5H3/p+1/b11-9-,17-15-,21-20-,24-23-,27-25-,30-28-,33-31-/t44-,45-,46-/m1/s1. The van der Waals surface area contributed by atoms with Gasteiger partial charge in [-0.05, 0) is 83.5 Å². The number of rotatable bonds is 39. The lowest BCUT2D eigenvalue weighted by Gasteiger charge is -2.24. The van der Waals surface area contributed by atoms with Crippen molar-refractivity contribution in [2.75, 3.05) is 47.5 Å². The first kappa shape index (κ1) is 57.1. The first-order chi connectivity index (χ1) is 28.8. The average Bonchev–Trinajstić information content (AvgIpc) is 3.19. The molecule has 0 aromatic carbocycles. The Balaban J connectivity index is 4.70. The van der Waals surface area contributed by atoms with Crippen molar-refractivity contribution in [1.82, 2.24) is 0 Å². The molecule has 344 valence electrons. The number of aliphatic hydroxyl groups is 2. The summed E-state index contributed by atoms with van der Waals surface area (Å²) in [6, 6.07) is 0. The highest BCUT2D eigenvalue weighted by Crippen LogP contribution is 2.43. The predicted octanol–water partition coefficient (Wildman–Crippen LogP) is 10.7. The average molecular weight is 865 g/mol. The molecule has 0 aliphatic rings. The molecule has 0 radical (unpaired) electrons. The Labute approximate surface area is 364 Å². The first-order valence-corrected chi connectivity index (χ1v) is 24.0. The van der Waals surface area contributed by atoms with Crippen molar-refractivity contribution in [2.24, 2.45) is 0 Å². The van der Waals surface area contributed by atoms with E-state index in [1.165, 1.54) is 38.5 Å². The predicted molar refractivity (Wildman–Crippen MR) is 245 cm³/mol. The number of carbonyl (C=O) groups is 2. The van der Waals surface area contributed by atoms with E-state index in [9.17, 15) is 29.3 Å². The molecule has 60 heavy (non-hydrogen) atoms. The first-order valence-electron chi connectivity index (χ1n) is 22.5. The van der Waals surface area contributed by atoms with Crippen molar-refractivity contribution in [3.05, 3.63) is 85.1 Å². The van der Waals surface area contributed by atoms with Crippen LogP contribution in [0.2, 0.25) is 0 Å². The van der Waals surface area contributed by atoms with Crippen LogP contribution in [-0.2, 0) is 32.7 Å². The van der Waals surface area contributed by atoms with Gasteiger partial charge in [0.1, 0.15) is 19.8 Å². The summed E-state index contributed by atoms with van der Waals surface area (Å²) < 4.78 is 34.0. The van der Waals surface area contributed by atoms with Crippen LogP contribution in [0.15, 0.2) is 85.1 Å². The van der Waals surface area contributed by atoms with Crippen molar-refractivity contribution in [1.29, 1.82) is 0 Å². The maximum atomic E-state index is 12.7. The van der Waals surface area contributed by atoms with E-state index in [0.29, 0.717) is 23.9 Å². The summed E-state index contributed by atoms with van der Waals surface area (Å²) in [7, 11) is 1.26. The number of likely N-dealkylation sites (N-methyl/N-ethyl adjacent to an activating group) is 1. The van der Waals surface area contributed by atoms with Crippen molar-refractivity contribution < 1.29 is 52.3 Å². The maximum Gasteiger partial charge on any atom is 0.472 e. The van der Waals surface area contributed by atoms with Gasteiger partial charge in [0, 0.05) is 12.8 Å². The Morgan fingerprint density at radius 1 is 0.600 bits per heavy atom. The summed E-state index contributed by atoms with van der Waals surface area (Å²) in [5.74, 6) is -1.16. The van der Waals surface area contributed by atoms with E-state index in [1.807, 2.05) is 45.4 Å². The van der Waals surface area contributed by atoms with Crippen LogP contribution in [0.5, 0.6) is 0 Å². The molecule has 4 atom stereocenters. The Kier molecular flexibility index (Phi) is 37.1. The van der Waals surface area contributed by atoms with E-state index >= 15 is 0 Å². The molecule has 0 spiro atoms. The zero-order valence-corrected chi connectivity index (χ0v) is 38.8. The van der Waals surface area contributed by atoms with Crippen molar-refractivity contribution >= 4 is 19.8 Å². The summed E-state index contributed by atoms with van der Waals surface area (Å²) in [4.78, 5) is 35.4. The van der Waals surface area contributed by atoms with Crippen LogP contribution >= 0.6 is 7.82 Å². The Morgan fingerprint density at radius 2 is 1.12 bits per heavy atom. The third-order valence-corrected chi connectivity index (χ3v) is 10.1. The van der Waals surface area contributed by atoms with Crippen LogP contribution in [0.4, 0.5) is 0 Å². The molecular formula is C48H83NO10P+. The number of quaternary nitrogens is 1. The topological polar surface area (TPSA) is 149 Å². The van der Waals surface area contributed by atoms with Crippen LogP contribution in [0.3, 0.4) is 0 Å². The smallest absolute Gasteiger partial charge is 0.462 e. The third kappa shape index (κ3) is 40.5. The molecule has 0 saturated carbocycles. The molecule has 1 unspecified atom stereocenters. The van der Waals surface area contributed by atoms with Crippen molar-refractivity contribution in [3.63, 3.8) is 0 Å². The van der Waals surface area contributed by atoms with Gasteiger partial charge in [0.25, 0.3) is 0 Å². The monoisotopic (exact) mass is 865 g/mol. The zero-order valence-electron chi connectivity index (χ0n) is 37.9. The summed E-state index contributed by atoms with van der Waals surface area (Å²) in [6.07, 6.45) is 42.4. The normalized spacial score (nSPS) is 15.4. The van der Waals surface area contributed by atoms with Gasteiger partial charge in [0.05, 0.1) is 40.0 Å². The van der Waals surface area contributed by atoms with Gasteiger partial charge in [-0.25, -0.2) is 4.57 Å². The van der Waals surface area contributed by atoms with Crippen molar-refractivity contribution in [2.45, 2.75) is 161 Å². The van der Waals surface area contributed by atoms with Gasteiger partial charge in [-0.3, -0.25) is 18.6 Å². The van der Waals surface area contributed by atoms with Crippen molar-refractivity contribution in [3.8, 4) is 0 Å². The van der Waals surface area contributed by atoms with Crippen LogP contribution in [0, 0.1) is 0 Å². The zero-order chi connectivity index (χ0) is 44.6. The number of hydrogen-bond donors (Lipinski definition) is 3. The molecule has 0 aliphatic carbocycles. The lowest BCUT2D eigenvalue weighted by Crippen LogP contribution is -2.37. The van der Waals surface area contributed by atoms with Crippen LogP contribution < -0.4 is 0 Å². The van der Waals surface area contributed by atoms with E-state index in [4.69, 9.17) is 18.5 Å². The minimum atomic E-state index is -4.47. The van der Waals surface area contributed by atoms with Gasteiger partial charge in [-0.1, -0.05) is 131 Å². The molecule has 3 N–H and O–H groups in total. The fourth-order valence-electron chi connectivity index (χ4n) is 5.47. The number of phosphoric acid groups is 1. The highest BCUT2D eigenvalue weighted by atomic mass is 31.2. The van der Waals surface area contributed by atoms with E-state index in [-0.39, 0.29) is 45.3 Å². The Bertz CT molecular complexity index is 1330. The molecule has 0 saturated heterocycles. The molecule has 0 heterocycles. The number of ether oxygens (including phenoxy) is 2. The summed E-state index contributed by atoms with van der Waals surface area (Å²) in [5.41, 5.74) is 0. The molecule has 0 bridgehead atoms. The number of unbranched alkanes of at least 4 members (excludes halogenated alkanes) is 7. The number of hydrogen-bond acceptors (Lipinski definition) is 9. The third-order valence-electron chi connectivity index (χ3n) is 9.11. The highest BCUT2D eigenvalue weighted by Gasteiger charge is 2.27. The summed E-state index contributed by atoms with van der Waals surface area (Å²) >= 11 is 0. The second-order valence-electron chi connectivity index (χ2n) is 16.0. The maximum absolute atomic E-state index is 12.7. The molecule has 0 aromatic rings. The second-order valence-corrected chi connectivity index (χ2v) is 17.5. The quantitative estimate of drug-likeness (QED) is 0.0179. The highest BCUT2D eigenvalue weighted by molar-refractivity contribution is 7.47. The minimum absolute atomic E-state index is 0.0331. The molecule has 0 rings (SSSR count). The van der Waals surface area contributed by atoms with Gasteiger partial charge in [-0.15, -0.1) is 0 Å². The molecular weight excluding hydrogens is 781 g/mol. The lowest BCUT2D eigenvalue weighted by atomic mass is 10.0. The number of esters is 2. The Hall–Kier alpha value is -2.89.